The average Bonchev–Trinajstić information content (AvgIpc) is 2.92. The zero-order valence-electron chi connectivity index (χ0n) is 24.0. The number of rotatable bonds is 11. The molecule has 0 fully saturated rings. The highest BCUT2D eigenvalue weighted by Crippen LogP contribution is 2.29. The predicted molar refractivity (Wildman–Crippen MR) is 168 cm³/mol. The molecule has 0 aliphatic carbocycles. The molecule has 0 aliphatic heterocycles. The van der Waals surface area contributed by atoms with Crippen LogP contribution in [-0.4, -0.2) is 50.4 Å². The van der Waals surface area contributed by atoms with E-state index in [1.165, 1.54) is 42.3 Å². The minimum absolute atomic E-state index is 0.0161. The van der Waals surface area contributed by atoms with Crippen molar-refractivity contribution in [3.05, 3.63) is 87.4 Å². The first-order valence-corrected chi connectivity index (χ1v) is 15.7. The summed E-state index contributed by atoms with van der Waals surface area (Å²) in [5, 5.41) is 3.85. The maximum atomic E-state index is 14.1. The quantitative estimate of drug-likeness (QED) is 0.252. The molecule has 0 bridgehead atoms. The van der Waals surface area contributed by atoms with Crippen LogP contribution in [-0.2, 0) is 26.2 Å². The van der Waals surface area contributed by atoms with Crippen molar-refractivity contribution in [3.8, 4) is 5.75 Å². The molecule has 226 valence electrons. The smallest absolute Gasteiger partial charge is 0.264 e. The highest BCUT2D eigenvalue weighted by molar-refractivity contribution is 7.92. The van der Waals surface area contributed by atoms with Crippen LogP contribution in [0.1, 0.15) is 39.7 Å². The van der Waals surface area contributed by atoms with E-state index in [0.717, 1.165) is 4.31 Å². The molecule has 3 aromatic rings. The number of carbonyl (C=O) groups excluding carboxylic acids is 2. The maximum Gasteiger partial charge on any atom is 0.264 e. The number of amides is 2. The molecule has 2 amide bonds. The van der Waals surface area contributed by atoms with E-state index in [4.69, 9.17) is 39.5 Å². The van der Waals surface area contributed by atoms with Crippen LogP contribution in [0.4, 0.5) is 5.69 Å². The summed E-state index contributed by atoms with van der Waals surface area (Å²) in [4.78, 5) is 28.9. The summed E-state index contributed by atoms with van der Waals surface area (Å²) < 4.78 is 34.1. The third-order valence-electron chi connectivity index (χ3n) is 6.24. The van der Waals surface area contributed by atoms with Crippen molar-refractivity contribution < 1.29 is 22.7 Å². The highest BCUT2D eigenvalue weighted by atomic mass is 35.5. The van der Waals surface area contributed by atoms with E-state index in [-0.39, 0.29) is 34.5 Å². The molecule has 8 nitrogen and oxygen atoms in total. The predicted octanol–water partition coefficient (Wildman–Crippen LogP) is 6.57. The Morgan fingerprint density at radius 3 is 2.17 bits per heavy atom. The van der Waals surface area contributed by atoms with E-state index in [1.807, 2.05) is 20.8 Å². The molecular formula is C30H34Cl3N3O5S. The van der Waals surface area contributed by atoms with Crippen LogP contribution in [0.5, 0.6) is 5.75 Å². The molecular weight excluding hydrogens is 621 g/mol. The van der Waals surface area contributed by atoms with Crippen molar-refractivity contribution in [2.24, 2.45) is 0 Å². The van der Waals surface area contributed by atoms with Gasteiger partial charge in [0.15, 0.2) is 0 Å². The number of sulfonamides is 1. The summed E-state index contributed by atoms with van der Waals surface area (Å²) in [5.41, 5.74) is 0.244. The minimum atomic E-state index is -4.26. The largest absolute Gasteiger partial charge is 0.497 e. The second-order valence-electron chi connectivity index (χ2n) is 10.6. The molecule has 3 aromatic carbocycles. The van der Waals surface area contributed by atoms with E-state index >= 15 is 0 Å². The first-order valence-electron chi connectivity index (χ1n) is 13.1. The fourth-order valence-corrected chi connectivity index (χ4v) is 6.15. The Bertz CT molecular complexity index is 1530. The Labute approximate surface area is 262 Å². The third kappa shape index (κ3) is 8.53. The van der Waals surface area contributed by atoms with Crippen molar-refractivity contribution in [1.82, 2.24) is 10.2 Å². The average molecular weight is 655 g/mol. The van der Waals surface area contributed by atoms with Crippen LogP contribution in [0.3, 0.4) is 0 Å². The molecule has 0 heterocycles. The van der Waals surface area contributed by atoms with Gasteiger partial charge in [0.05, 0.1) is 27.7 Å². The molecule has 0 aliphatic rings. The summed E-state index contributed by atoms with van der Waals surface area (Å²) in [5.74, 6) is -0.498. The van der Waals surface area contributed by atoms with E-state index < -0.39 is 34.1 Å². The molecule has 0 radical (unpaired) electrons. The van der Waals surface area contributed by atoms with Crippen molar-refractivity contribution >= 4 is 62.3 Å². The molecule has 0 aromatic heterocycles. The van der Waals surface area contributed by atoms with E-state index in [9.17, 15) is 18.0 Å². The Hall–Kier alpha value is -2.98. The number of anilines is 1. The van der Waals surface area contributed by atoms with Crippen molar-refractivity contribution in [3.63, 3.8) is 0 Å². The fraction of sp³-hybridized carbons (Fsp3) is 0.333. The van der Waals surface area contributed by atoms with E-state index in [0.29, 0.717) is 21.4 Å². The van der Waals surface area contributed by atoms with Gasteiger partial charge in [0.2, 0.25) is 11.8 Å². The van der Waals surface area contributed by atoms with Crippen LogP contribution < -0.4 is 14.4 Å². The number of nitrogens with one attached hydrogen (secondary N) is 1. The normalized spacial score (nSPS) is 12.4. The number of halogens is 3. The van der Waals surface area contributed by atoms with Gasteiger partial charge in [0, 0.05) is 17.1 Å². The second-order valence-corrected chi connectivity index (χ2v) is 13.7. The lowest BCUT2D eigenvalue weighted by molar-refractivity contribution is -0.141. The maximum absolute atomic E-state index is 14.1. The van der Waals surface area contributed by atoms with Crippen LogP contribution >= 0.6 is 34.8 Å². The fourth-order valence-electron chi connectivity index (χ4n) is 4.24. The first-order chi connectivity index (χ1) is 19.7. The summed E-state index contributed by atoms with van der Waals surface area (Å²) in [6, 6.07) is 16.1. The van der Waals surface area contributed by atoms with Gasteiger partial charge in [0.1, 0.15) is 18.3 Å². The van der Waals surface area contributed by atoms with Crippen LogP contribution in [0.2, 0.25) is 15.1 Å². The van der Waals surface area contributed by atoms with Gasteiger partial charge >= 0.3 is 0 Å². The molecule has 0 saturated heterocycles. The third-order valence-corrected chi connectivity index (χ3v) is 9.01. The van der Waals surface area contributed by atoms with E-state index in [1.54, 1.807) is 43.3 Å². The molecule has 3 rings (SSSR count). The summed E-state index contributed by atoms with van der Waals surface area (Å²) >= 11 is 18.6. The lowest BCUT2D eigenvalue weighted by Crippen LogP contribution is -2.55. The standard InChI is InChI=1S/C30H34Cl3N3O5S/c1-6-27(29(38)34-30(2,3)4)35(18-20-10-15-25(32)26(33)16-20)28(37)19-36(22-9-7-8-21(31)17-22)42(39,40)24-13-11-23(41-5)12-14-24/h7-17,27H,6,18-19H2,1-5H3,(H,34,38). The second kappa shape index (κ2) is 14.0. The van der Waals surface area contributed by atoms with Gasteiger partial charge in [-0.15, -0.1) is 0 Å². The summed E-state index contributed by atoms with van der Waals surface area (Å²) in [7, 11) is -2.78. The van der Waals surface area contributed by atoms with E-state index in [2.05, 4.69) is 5.32 Å². The number of hydrogen-bond acceptors (Lipinski definition) is 5. The summed E-state index contributed by atoms with van der Waals surface area (Å²) in [6.45, 7) is 6.68. The van der Waals surface area contributed by atoms with Crippen LogP contribution in [0.15, 0.2) is 71.6 Å². The topological polar surface area (TPSA) is 96.0 Å². The molecule has 0 saturated carbocycles. The number of nitrogens with zero attached hydrogens (tertiary/aromatic N) is 2. The molecule has 1 unspecified atom stereocenters. The zero-order chi connectivity index (χ0) is 31.2. The zero-order valence-corrected chi connectivity index (χ0v) is 27.1. The SMILES string of the molecule is CCC(C(=O)NC(C)(C)C)N(Cc1ccc(Cl)c(Cl)c1)C(=O)CN(c1cccc(Cl)c1)S(=O)(=O)c1ccc(OC)cc1. The van der Waals surface area contributed by atoms with Gasteiger partial charge in [-0.2, -0.15) is 0 Å². The molecule has 12 heteroatoms. The number of benzene rings is 3. The van der Waals surface area contributed by atoms with Gasteiger partial charge in [-0.05, 0) is 87.4 Å². The molecule has 1 atom stereocenters. The molecule has 0 spiro atoms. The highest BCUT2D eigenvalue weighted by Gasteiger charge is 2.34. The minimum Gasteiger partial charge on any atom is -0.497 e. The number of carbonyl (C=O) groups is 2. The lowest BCUT2D eigenvalue weighted by atomic mass is 10.1. The van der Waals surface area contributed by atoms with Gasteiger partial charge in [-0.3, -0.25) is 13.9 Å². The Balaban J connectivity index is 2.09. The number of methoxy groups -OCH3 is 1. The van der Waals surface area contributed by atoms with Crippen LogP contribution in [0, 0.1) is 0 Å². The lowest BCUT2D eigenvalue weighted by Gasteiger charge is -2.34. The number of ether oxygens (including phenoxy) is 1. The van der Waals surface area contributed by atoms with Gasteiger partial charge in [-0.25, -0.2) is 8.42 Å². The molecule has 42 heavy (non-hydrogen) atoms. The van der Waals surface area contributed by atoms with Crippen molar-refractivity contribution in [2.45, 2.75) is 57.1 Å². The van der Waals surface area contributed by atoms with Gasteiger partial charge in [0.25, 0.3) is 10.0 Å². The monoisotopic (exact) mass is 653 g/mol. The Kier molecular flexibility index (Phi) is 11.2. The van der Waals surface area contributed by atoms with Crippen LogP contribution in [0.25, 0.3) is 0 Å². The molecule has 1 N–H and O–H groups in total. The Morgan fingerprint density at radius 1 is 0.952 bits per heavy atom. The van der Waals surface area contributed by atoms with Crippen molar-refractivity contribution in [1.29, 1.82) is 0 Å². The van der Waals surface area contributed by atoms with Gasteiger partial charge < -0.3 is 15.0 Å². The summed E-state index contributed by atoms with van der Waals surface area (Å²) in [6.07, 6.45) is 0.275. The first kappa shape index (κ1) is 33.5. The Morgan fingerprint density at radius 2 is 1.62 bits per heavy atom. The van der Waals surface area contributed by atoms with Crippen molar-refractivity contribution in [2.75, 3.05) is 18.0 Å². The number of hydrogen-bond donors (Lipinski definition) is 1. The van der Waals surface area contributed by atoms with Gasteiger partial charge in [-0.1, -0.05) is 53.9 Å².